The van der Waals surface area contributed by atoms with Crippen molar-refractivity contribution in [3.8, 4) is 11.1 Å². The van der Waals surface area contributed by atoms with Crippen LogP contribution in [-0.4, -0.2) is 30.7 Å². The minimum atomic E-state index is -0.218. The predicted octanol–water partition coefficient (Wildman–Crippen LogP) is 5.10. The van der Waals surface area contributed by atoms with Gasteiger partial charge in [0.1, 0.15) is 6.61 Å². The maximum absolute atomic E-state index is 12.9. The summed E-state index contributed by atoms with van der Waals surface area (Å²) in [5.41, 5.74) is 8.86. The van der Waals surface area contributed by atoms with E-state index in [4.69, 9.17) is 4.74 Å². The quantitative estimate of drug-likeness (QED) is 0.634. The third-order valence-electron chi connectivity index (χ3n) is 6.46. The van der Waals surface area contributed by atoms with Gasteiger partial charge < -0.3 is 15.0 Å². The number of carbonyl (C=O) groups excluding carboxylic acids is 1. The molecule has 3 aromatic rings. The summed E-state index contributed by atoms with van der Waals surface area (Å²) >= 11 is 0. The fraction of sp³-hybridized carbons (Fsp3) is 0.296. The number of nitrogens with zero attached hydrogens (tertiary/aromatic N) is 1. The number of amides is 1. The van der Waals surface area contributed by atoms with E-state index in [9.17, 15) is 4.79 Å². The summed E-state index contributed by atoms with van der Waals surface area (Å²) in [5, 5.41) is 3.37. The van der Waals surface area contributed by atoms with Gasteiger partial charge in [-0.05, 0) is 51.9 Å². The lowest BCUT2D eigenvalue weighted by atomic mass is 9.97. The van der Waals surface area contributed by atoms with Crippen LogP contribution in [0.2, 0.25) is 0 Å². The molecular weight excluding hydrogens is 384 g/mol. The molecule has 0 saturated heterocycles. The normalized spacial score (nSPS) is 14.7. The lowest BCUT2D eigenvalue weighted by Crippen LogP contribution is -2.37. The summed E-state index contributed by atoms with van der Waals surface area (Å²) in [6.07, 6.45) is 0.656. The van der Waals surface area contributed by atoms with Gasteiger partial charge in [0.05, 0.1) is 0 Å². The SMILES string of the molecule is CCNCc1ccc2c(c1)CCN(C(=O)OCC1c3ccccc3-c3ccccc31)C2. The summed E-state index contributed by atoms with van der Waals surface area (Å²) in [5.74, 6) is 0.0991. The molecule has 1 aliphatic heterocycles. The molecule has 0 radical (unpaired) electrons. The molecule has 0 fully saturated rings. The number of hydrogen-bond acceptors (Lipinski definition) is 3. The molecule has 1 N–H and O–H groups in total. The van der Waals surface area contributed by atoms with Gasteiger partial charge in [-0.25, -0.2) is 4.79 Å². The van der Waals surface area contributed by atoms with E-state index in [1.807, 2.05) is 4.90 Å². The summed E-state index contributed by atoms with van der Waals surface area (Å²) in [4.78, 5) is 14.7. The molecule has 0 aromatic heterocycles. The van der Waals surface area contributed by atoms with E-state index in [1.165, 1.54) is 38.9 Å². The first-order chi connectivity index (χ1) is 15.2. The van der Waals surface area contributed by atoms with E-state index in [0.717, 1.165) is 19.5 Å². The molecule has 1 aliphatic carbocycles. The van der Waals surface area contributed by atoms with Crippen molar-refractivity contribution in [1.29, 1.82) is 0 Å². The Kier molecular flexibility index (Phi) is 5.47. The van der Waals surface area contributed by atoms with Crippen molar-refractivity contribution in [2.75, 3.05) is 19.7 Å². The van der Waals surface area contributed by atoms with Crippen LogP contribution < -0.4 is 5.32 Å². The number of hydrogen-bond donors (Lipinski definition) is 1. The maximum atomic E-state index is 12.9. The molecule has 0 saturated carbocycles. The molecule has 2 aliphatic rings. The fourth-order valence-electron chi connectivity index (χ4n) is 4.83. The van der Waals surface area contributed by atoms with Gasteiger partial charge in [-0.3, -0.25) is 0 Å². The van der Waals surface area contributed by atoms with Crippen LogP contribution in [0.1, 0.15) is 40.7 Å². The van der Waals surface area contributed by atoms with E-state index in [-0.39, 0.29) is 12.0 Å². The number of benzene rings is 3. The zero-order valence-corrected chi connectivity index (χ0v) is 17.9. The van der Waals surface area contributed by atoms with E-state index in [1.54, 1.807) is 0 Å². The molecule has 5 rings (SSSR count). The van der Waals surface area contributed by atoms with Crippen LogP contribution >= 0.6 is 0 Å². The molecule has 31 heavy (non-hydrogen) atoms. The average molecular weight is 413 g/mol. The van der Waals surface area contributed by atoms with Crippen LogP contribution in [0.4, 0.5) is 4.79 Å². The number of fused-ring (bicyclic) bond motifs is 4. The second-order valence-electron chi connectivity index (χ2n) is 8.36. The van der Waals surface area contributed by atoms with Gasteiger partial charge in [-0.1, -0.05) is 73.7 Å². The molecule has 158 valence electrons. The minimum Gasteiger partial charge on any atom is -0.448 e. The van der Waals surface area contributed by atoms with Gasteiger partial charge in [-0.15, -0.1) is 0 Å². The van der Waals surface area contributed by atoms with Crippen LogP contribution in [0, 0.1) is 0 Å². The van der Waals surface area contributed by atoms with Crippen LogP contribution in [-0.2, 0) is 24.2 Å². The Morgan fingerprint density at radius 2 is 1.71 bits per heavy atom. The molecule has 0 bridgehead atoms. The third kappa shape index (κ3) is 3.84. The number of ether oxygens (including phenoxy) is 1. The average Bonchev–Trinajstić information content (AvgIpc) is 3.14. The van der Waals surface area contributed by atoms with Gasteiger partial charge in [0.2, 0.25) is 0 Å². The lowest BCUT2D eigenvalue weighted by molar-refractivity contribution is 0.0953. The Morgan fingerprint density at radius 3 is 2.42 bits per heavy atom. The number of nitrogens with one attached hydrogen (secondary N) is 1. The zero-order chi connectivity index (χ0) is 21.2. The summed E-state index contributed by atoms with van der Waals surface area (Å²) in [7, 11) is 0. The third-order valence-corrected chi connectivity index (χ3v) is 6.46. The van der Waals surface area contributed by atoms with Crippen LogP contribution in [0.3, 0.4) is 0 Å². The first-order valence-electron chi connectivity index (χ1n) is 11.2. The van der Waals surface area contributed by atoms with Crippen molar-refractivity contribution in [1.82, 2.24) is 10.2 Å². The zero-order valence-electron chi connectivity index (χ0n) is 17.9. The molecule has 0 spiro atoms. The van der Waals surface area contributed by atoms with Gasteiger partial charge in [0.25, 0.3) is 0 Å². The highest BCUT2D eigenvalue weighted by atomic mass is 16.6. The topological polar surface area (TPSA) is 41.6 Å². The minimum absolute atomic E-state index is 0.0991. The van der Waals surface area contributed by atoms with E-state index in [2.05, 4.69) is 79.0 Å². The second kappa shape index (κ2) is 8.56. The van der Waals surface area contributed by atoms with Crippen molar-refractivity contribution in [2.45, 2.75) is 32.4 Å². The van der Waals surface area contributed by atoms with Crippen molar-refractivity contribution in [3.63, 3.8) is 0 Å². The van der Waals surface area contributed by atoms with Gasteiger partial charge >= 0.3 is 6.09 Å². The molecule has 0 unspecified atom stereocenters. The van der Waals surface area contributed by atoms with Crippen LogP contribution in [0.25, 0.3) is 11.1 Å². The van der Waals surface area contributed by atoms with Crippen molar-refractivity contribution in [3.05, 3.63) is 94.5 Å². The Labute approximate surface area is 183 Å². The van der Waals surface area contributed by atoms with Gasteiger partial charge in [-0.2, -0.15) is 0 Å². The first-order valence-corrected chi connectivity index (χ1v) is 11.2. The van der Waals surface area contributed by atoms with Crippen molar-refractivity contribution >= 4 is 6.09 Å². The van der Waals surface area contributed by atoms with Gasteiger partial charge in [0.15, 0.2) is 0 Å². The van der Waals surface area contributed by atoms with Crippen molar-refractivity contribution < 1.29 is 9.53 Å². The molecule has 1 amide bonds. The highest BCUT2D eigenvalue weighted by Gasteiger charge is 2.30. The van der Waals surface area contributed by atoms with Crippen molar-refractivity contribution in [2.24, 2.45) is 0 Å². The smallest absolute Gasteiger partial charge is 0.410 e. The summed E-state index contributed by atoms with van der Waals surface area (Å²) in [6.45, 7) is 5.66. The maximum Gasteiger partial charge on any atom is 0.410 e. The number of rotatable bonds is 5. The standard InChI is InChI=1S/C27H28N2O2/c1-2-28-16-19-11-12-21-17-29(14-13-20(21)15-19)27(30)31-18-26-24-9-5-3-7-22(24)23-8-4-6-10-25(23)26/h3-12,15,26,28H,2,13-14,16-18H2,1H3. The number of carbonyl (C=O) groups is 1. The van der Waals surface area contributed by atoms with Crippen LogP contribution in [0.15, 0.2) is 66.7 Å². The highest BCUT2D eigenvalue weighted by molar-refractivity contribution is 5.79. The Bertz CT molecular complexity index is 1060. The summed E-state index contributed by atoms with van der Waals surface area (Å²) in [6, 6.07) is 23.4. The fourth-order valence-corrected chi connectivity index (χ4v) is 4.83. The monoisotopic (exact) mass is 412 g/mol. The van der Waals surface area contributed by atoms with E-state index < -0.39 is 0 Å². The van der Waals surface area contributed by atoms with Crippen LogP contribution in [0.5, 0.6) is 0 Å². The van der Waals surface area contributed by atoms with Gasteiger partial charge in [0, 0.05) is 25.6 Å². The lowest BCUT2D eigenvalue weighted by Gasteiger charge is -2.29. The molecule has 3 aromatic carbocycles. The Morgan fingerprint density at radius 1 is 1.00 bits per heavy atom. The first kappa shape index (κ1) is 19.8. The predicted molar refractivity (Wildman–Crippen MR) is 123 cm³/mol. The largest absolute Gasteiger partial charge is 0.448 e. The van der Waals surface area contributed by atoms with E-state index >= 15 is 0 Å². The summed E-state index contributed by atoms with van der Waals surface area (Å²) < 4.78 is 5.85. The Hall–Kier alpha value is -3.11. The second-order valence-corrected chi connectivity index (χ2v) is 8.36. The molecule has 0 atom stereocenters. The molecular formula is C27H28N2O2. The molecule has 4 heteroatoms. The van der Waals surface area contributed by atoms with E-state index in [0.29, 0.717) is 19.7 Å². The highest BCUT2D eigenvalue weighted by Crippen LogP contribution is 2.44. The molecule has 4 nitrogen and oxygen atoms in total. The Balaban J connectivity index is 1.26. The molecule has 1 heterocycles.